The first-order valence-corrected chi connectivity index (χ1v) is 20.3. The average Bonchev–Trinajstić information content (AvgIpc) is 3.85. The highest BCUT2D eigenvalue weighted by atomic mass is 32.1. The van der Waals surface area contributed by atoms with Crippen LogP contribution >= 0.6 is 22.7 Å². The predicted octanol–water partition coefficient (Wildman–Crippen LogP) is 14.6. The molecule has 56 heavy (non-hydrogen) atoms. The summed E-state index contributed by atoms with van der Waals surface area (Å²) in [6.45, 7) is 0. The van der Waals surface area contributed by atoms with Crippen LogP contribution in [0, 0.1) is 0 Å². The first-order chi connectivity index (χ1) is 27.7. The van der Waals surface area contributed by atoms with Gasteiger partial charge >= 0.3 is 0 Å². The fourth-order valence-corrected chi connectivity index (χ4v) is 10.2. The molecule has 0 aliphatic carbocycles. The van der Waals surface area contributed by atoms with E-state index in [0.29, 0.717) is 17.5 Å². The Balaban J connectivity index is 1.04. The SMILES string of the molecule is c1ccc(-c2cccc(-c3nc(-c4ccccc4)nc(-c4ccc5c(c4)sc4c(-c6ccccc6-c6ccc7sc8ccccc8c7c6)cccc45)n3)c2)cc1. The van der Waals surface area contributed by atoms with E-state index in [1.807, 2.05) is 46.9 Å². The summed E-state index contributed by atoms with van der Waals surface area (Å²) in [5, 5.41) is 5.11. The number of benzene rings is 8. The lowest BCUT2D eigenvalue weighted by atomic mass is 9.93. The summed E-state index contributed by atoms with van der Waals surface area (Å²) >= 11 is 3.69. The normalized spacial score (nSPS) is 11.6. The van der Waals surface area contributed by atoms with Crippen LogP contribution in [0.25, 0.3) is 108 Å². The maximum absolute atomic E-state index is 5.12. The molecule has 0 unspecified atom stereocenters. The molecule has 0 radical (unpaired) electrons. The van der Waals surface area contributed by atoms with Crippen LogP contribution < -0.4 is 0 Å². The maximum atomic E-state index is 5.12. The molecule has 262 valence electrons. The van der Waals surface area contributed by atoms with Crippen LogP contribution in [-0.4, -0.2) is 15.0 Å². The Kier molecular flexibility index (Phi) is 7.87. The number of aromatic nitrogens is 3. The van der Waals surface area contributed by atoms with E-state index in [-0.39, 0.29) is 0 Å². The summed E-state index contributed by atoms with van der Waals surface area (Å²) in [5.74, 6) is 1.95. The minimum atomic E-state index is 0.649. The van der Waals surface area contributed by atoms with Gasteiger partial charge in [0.05, 0.1) is 0 Å². The van der Waals surface area contributed by atoms with Gasteiger partial charge in [0.15, 0.2) is 17.5 Å². The van der Waals surface area contributed by atoms with E-state index < -0.39 is 0 Å². The molecule has 11 aromatic rings. The predicted molar refractivity (Wildman–Crippen MR) is 238 cm³/mol. The third-order valence-electron chi connectivity index (χ3n) is 10.6. The van der Waals surface area contributed by atoms with Gasteiger partial charge in [0.1, 0.15) is 0 Å². The van der Waals surface area contributed by atoms with Crippen molar-refractivity contribution < 1.29 is 0 Å². The van der Waals surface area contributed by atoms with Crippen LogP contribution in [0.4, 0.5) is 0 Å². The molecule has 3 nitrogen and oxygen atoms in total. The lowest BCUT2D eigenvalue weighted by Crippen LogP contribution is -2.00. The molecule has 0 amide bonds. The number of rotatable bonds is 6. The topological polar surface area (TPSA) is 38.7 Å². The Morgan fingerprint density at radius 2 is 0.821 bits per heavy atom. The minimum Gasteiger partial charge on any atom is -0.208 e. The molecule has 8 aromatic carbocycles. The Hall–Kier alpha value is -6.79. The molecule has 0 N–H and O–H groups in total. The molecule has 0 bridgehead atoms. The highest BCUT2D eigenvalue weighted by Gasteiger charge is 2.18. The standard InChI is InChI=1S/C51H31N3S2/c1-3-13-32(14-4-1)34-17-11-18-36(29-34)50-52-49(33-15-5-2-6-16-33)53-51(54-50)37-25-27-41-43-23-12-22-42(48(43)56-47(41)31-37)39-20-8-7-19-38(39)35-26-28-46-44(30-35)40-21-9-10-24-45(40)55-46/h1-31H. The van der Waals surface area contributed by atoms with Crippen molar-refractivity contribution in [2.45, 2.75) is 0 Å². The average molecular weight is 750 g/mol. The van der Waals surface area contributed by atoms with Crippen LogP contribution in [0.2, 0.25) is 0 Å². The number of fused-ring (bicyclic) bond motifs is 6. The molecule has 3 heterocycles. The highest BCUT2D eigenvalue weighted by molar-refractivity contribution is 7.26. The van der Waals surface area contributed by atoms with E-state index in [1.165, 1.54) is 62.6 Å². The van der Waals surface area contributed by atoms with E-state index in [1.54, 1.807) is 0 Å². The number of thiophene rings is 2. The summed E-state index contributed by atoms with van der Waals surface area (Å²) in [6.07, 6.45) is 0. The van der Waals surface area contributed by atoms with Gasteiger partial charge < -0.3 is 0 Å². The molecule has 0 aliphatic heterocycles. The number of nitrogens with zero attached hydrogens (tertiary/aromatic N) is 3. The first kappa shape index (κ1) is 32.6. The molecule has 0 fully saturated rings. The summed E-state index contributed by atoms with van der Waals surface area (Å²) < 4.78 is 5.11. The molecular weight excluding hydrogens is 719 g/mol. The van der Waals surface area contributed by atoms with Gasteiger partial charge in [-0.2, -0.15) is 0 Å². The minimum absolute atomic E-state index is 0.649. The summed E-state index contributed by atoms with van der Waals surface area (Å²) in [6, 6.07) is 66.9. The van der Waals surface area contributed by atoms with E-state index >= 15 is 0 Å². The lowest BCUT2D eigenvalue weighted by Gasteiger charge is -2.11. The van der Waals surface area contributed by atoms with Crippen molar-refractivity contribution in [3.8, 4) is 67.5 Å². The Labute approximate surface area is 331 Å². The molecule has 0 aliphatic rings. The largest absolute Gasteiger partial charge is 0.208 e. The first-order valence-electron chi connectivity index (χ1n) is 18.7. The maximum Gasteiger partial charge on any atom is 0.164 e. The van der Waals surface area contributed by atoms with Gasteiger partial charge in [-0.1, -0.05) is 158 Å². The van der Waals surface area contributed by atoms with Crippen molar-refractivity contribution in [1.29, 1.82) is 0 Å². The quantitative estimate of drug-likeness (QED) is 0.170. The lowest BCUT2D eigenvalue weighted by molar-refractivity contribution is 1.07. The van der Waals surface area contributed by atoms with Gasteiger partial charge in [0, 0.05) is 62.6 Å². The molecule has 0 atom stereocenters. The van der Waals surface area contributed by atoms with Gasteiger partial charge in [0.25, 0.3) is 0 Å². The van der Waals surface area contributed by atoms with Crippen LogP contribution in [-0.2, 0) is 0 Å². The zero-order chi connectivity index (χ0) is 37.0. The van der Waals surface area contributed by atoms with E-state index in [2.05, 4.69) is 164 Å². The summed E-state index contributed by atoms with van der Waals surface area (Å²) in [7, 11) is 0. The number of hydrogen-bond acceptors (Lipinski definition) is 5. The Bertz CT molecular complexity index is 3250. The van der Waals surface area contributed by atoms with Crippen LogP contribution in [0.3, 0.4) is 0 Å². The highest BCUT2D eigenvalue weighted by Crippen LogP contribution is 2.45. The third-order valence-corrected chi connectivity index (χ3v) is 12.9. The molecule has 5 heteroatoms. The number of hydrogen-bond donors (Lipinski definition) is 0. The van der Waals surface area contributed by atoms with E-state index in [9.17, 15) is 0 Å². The second-order valence-corrected chi connectivity index (χ2v) is 16.1. The van der Waals surface area contributed by atoms with Crippen molar-refractivity contribution in [3.63, 3.8) is 0 Å². The van der Waals surface area contributed by atoms with E-state index in [0.717, 1.165) is 27.8 Å². The molecule has 0 saturated heterocycles. The van der Waals surface area contributed by atoms with Gasteiger partial charge in [0.2, 0.25) is 0 Å². The fourth-order valence-electron chi connectivity index (χ4n) is 7.83. The molecule has 0 spiro atoms. The smallest absolute Gasteiger partial charge is 0.164 e. The summed E-state index contributed by atoms with van der Waals surface area (Å²) in [5.41, 5.74) is 10.1. The molecular formula is C51H31N3S2. The zero-order valence-electron chi connectivity index (χ0n) is 30.1. The van der Waals surface area contributed by atoms with Crippen LogP contribution in [0.5, 0.6) is 0 Å². The van der Waals surface area contributed by atoms with Crippen LogP contribution in [0.15, 0.2) is 188 Å². The van der Waals surface area contributed by atoms with Crippen molar-refractivity contribution in [2.24, 2.45) is 0 Å². The monoisotopic (exact) mass is 749 g/mol. The fraction of sp³-hybridized carbons (Fsp3) is 0. The van der Waals surface area contributed by atoms with Gasteiger partial charge in [-0.3, -0.25) is 0 Å². The Morgan fingerprint density at radius 3 is 1.64 bits per heavy atom. The van der Waals surface area contributed by atoms with Gasteiger partial charge in [-0.25, -0.2) is 15.0 Å². The molecule has 3 aromatic heterocycles. The van der Waals surface area contributed by atoms with Crippen LogP contribution in [0.1, 0.15) is 0 Å². The van der Waals surface area contributed by atoms with Crippen molar-refractivity contribution in [1.82, 2.24) is 15.0 Å². The molecule has 11 rings (SSSR count). The van der Waals surface area contributed by atoms with Gasteiger partial charge in [-0.05, 0) is 58.1 Å². The zero-order valence-corrected chi connectivity index (χ0v) is 31.7. The van der Waals surface area contributed by atoms with Crippen molar-refractivity contribution in [2.75, 3.05) is 0 Å². The third kappa shape index (κ3) is 5.68. The van der Waals surface area contributed by atoms with E-state index in [4.69, 9.17) is 15.0 Å². The second kappa shape index (κ2) is 13.5. The van der Waals surface area contributed by atoms with Crippen molar-refractivity contribution in [3.05, 3.63) is 188 Å². The molecule has 0 saturated carbocycles. The summed E-state index contributed by atoms with van der Waals surface area (Å²) in [4.78, 5) is 15.2. The van der Waals surface area contributed by atoms with Gasteiger partial charge in [-0.15, -0.1) is 22.7 Å². The Morgan fingerprint density at radius 1 is 0.268 bits per heavy atom. The van der Waals surface area contributed by atoms with Crippen molar-refractivity contribution >= 4 is 63.0 Å². The second-order valence-electron chi connectivity index (χ2n) is 14.0.